The van der Waals surface area contributed by atoms with Gasteiger partial charge in [-0.15, -0.1) is 0 Å². The van der Waals surface area contributed by atoms with Crippen LogP contribution >= 0.6 is 0 Å². The standard InChI is InChI=1S/C18H19N5O/c1-23-18-15(10-21-23)17(6-7-19-18)22-13(11-24)8-12-9-20-16-5-3-2-4-14(12)16/h2-7,9-10,13,20,24H,8,11H2,1H3,(H,19,22). The van der Waals surface area contributed by atoms with Crippen molar-refractivity contribution < 1.29 is 5.11 Å². The number of aliphatic hydroxyl groups is 1. The Labute approximate surface area is 139 Å². The van der Waals surface area contributed by atoms with Crippen LogP contribution in [-0.2, 0) is 13.5 Å². The van der Waals surface area contributed by atoms with Crippen LogP contribution in [-0.4, -0.2) is 37.5 Å². The molecule has 0 amide bonds. The Morgan fingerprint density at radius 3 is 3.00 bits per heavy atom. The van der Waals surface area contributed by atoms with E-state index in [0.29, 0.717) is 0 Å². The number of aromatic nitrogens is 4. The molecule has 4 rings (SSSR count). The van der Waals surface area contributed by atoms with Gasteiger partial charge in [0.05, 0.1) is 24.2 Å². The fourth-order valence-corrected chi connectivity index (χ4v) is 3.12. The molecular weight excluding hydrogens is 302 g/mol. The molecule has 0 aliphatic heterocycles. The fourth-order valence-electron chi connectivity index (χ4n) is 3.12. The van der Waals surface area contributed by atoms with E-state index in [-0.39, 0.29) is 12.6 Å². The van der Waals surface area contributed by atoms with E-state index in [1.807, 2.05) is 31.4 Å². The Bertz CT molecular complexity index is 987. The fraction of sp³-hybridized carbons (Fsp3) is 0.222. The summed E-state index contributed by atoms with van der Waals surface area (Å²) in [6.45, 7) is 0.0452. The number of aromatic amines is 1. The summed E-state index contributed by atoms with van der Waals surface area (Å²) in [5.74, 6) is 0. The maximum Gasteiger partial charge on any atom is 0.159 e. The Morgan fingerprint density at radius 2 is 2.12 bits per heavy atom. The molecule has 3 N–H and O–H groups in total. The molecule has 0 aliphatic carbocycles. The van der Waals surface area contributed by atoms with Crippen molar-refractivity contribution >= 4 is 27.6 Å². The highest BCUT2D eigenvalue weighted by Crippen LogP contribution is 2.23. The molecule has 0 aliphatic rings. The van der Waals surface area contributed by atoms with Crippen molar-refractivity contribution in [1.82, 2.24) is 19.7 Å². The Hall–Kier alpha value is -2.86. The lowest BCUT2D eigenvalue weighted by Gasteiger charge is -2.18. The number of hydrogen-bond acceptors (Lipinski definition) is 4. The third-order valence-corrected chi connectivity index (χ3v) is 4.36. The first kappa shape index (κ1) is 14.7. The molecule has 3 heterocycles. The molecule has 0 fully saturated rings. The molecule has 6 nitrogen and oxygen atoms in total. The number of H-pyrrole nitrogens is 1. The minimum absolute atomic E-state index is 0.0452. The van der Waals surface area contributed by atoms with E-state index in [9.17, 15) is 5.11 Å². The summed E-state index contributed by atoms with van der Waals surface area (Å²) in [7, 11) is 1.87. The second-order valence-electron chi connectivity index (χ2n) is 5.95. The van der Waals surface area contributed by atoms with Crippen LogP contribution in [0.5, 0.6) is 0 Å². The van der Waals surface area contributed by atoms with Gasteiger partial charge in [-0.1, -0.05) is 18.2 Å². The van der Waals surface area contributed by atoms with Crippen molar-refractivity contribution in [2.75, 3.05) is 11.9 Å². The van der Waals surface area contributed by atoms with Crippen LogP contribution in [0, 0.1) is 0 Å². The Balaban J connectivity index is 1.62. The average Bonchev–Trinajstić information content (AvgIpc) is 3.19. The second kappa shape index (κ2) is 5.98. The number of nitrogens with one attached hydrogen (secondary N) is 2. The molecule has 1 unspecified atom stereocenters. The summed E-state index contributed by atoms with van der Waals surface area (Å²) in [6, 6.07) is 10.0. The third kappa shape index (κ3) is 2.51. The van der Waals surface area contributed by atoms with Gasteiger partial charge in [0, 0.05) is 36.0 Å². The van der Waals surface area contributed by atoms with Crippen molar-refractivity contribution in [1.29, 1.82) is 0 Å². The largest absolute Gasteiger partial charge is 0.394 e. The first-order valence-electron chi connectivity index (χ1n) is 7.95. The number of aryl methyl sites for hydroxylation is 1. The van der Waals surface area contributed by atoms with Crippen LogP contribution in [0.15, 0.2) is 48.9 Å². The van der Waals surface area contributed by atoms with Gasteiger partial charge in [0.25, 0.3) is 0 Å². The molecule has 4 aromatic rings. The van der Waals surface area contributed by atoms with Crippen molar-refractivity contribution in [3.8, 4) is 0 Å². The minimum atomic E-state index is -0.0880. The summed E-state index contributed by atoms with van der Waals surface area (Å²) in [4.78, 5) is 7.63. The number of pyridine rings is 1. The molecule has 0 spiro atoms. The van der Waals surface area contributed by atoms with E-state index in [0.717, 1.165) is 28.7 Å². The van der Waals surface area contributed by atoms with Gasteiger partial charge in [0.2, 0.25) is 0 Å². The molecule has 6 heteroatoms. The summed E-state index contributed by atoms with van der Waals surface area (Å²) >= 11 is 0. The summed E-state index contributed by atoms with van der Waals surface area (Å²) in [5.41, 5.74) is 4.06. The predicted octanol–water partition coefficient (Wildman–Crippen LogP) is 2.47. The SMILES string of the molecule is Cn1ncc2c(NC(CO)Cc3c[nH]c4ccccc34)ccnc21. The zero-order chi connectivity index (χ0) is 16.5. The van der Waals surface area contributed by atoms with Crippen LogP contribution in [0.3, 0.4) is 0 Å². The Morgan fingerprint density at radius 1 is 1.25 bits per heavy atom. The highest BCUT2D eigenvalue weighted by atomic mass is 16.3. The average molecular weight is 321 g/mol. The first-order valence-corrected chi connectivity index (χ1v) is 7.95. The van der Waals surface area contributed by atoms with Gasteiger partial charge in [0.15, 0.2) is 5.65 Å². The number of anilines is 1. The number of hydrogen-bond donors (Lipinski definition) is 3. The van der Waals surface area contributed by atoms with E-state index in [2.05, 4.69) is 32.5 Å². The number of fused-ring (bicyclic) bond motifs is 2. The maximum atomic E-state index is 9.83. The predicted molar refractivity (Wildman–Crippen MR) is 95.0 cm³/mol. The molecule has 0 saturated heterocycles. The zero-order valence-corrected chi connectivity index (χ0v) is 13.4. The maximum absolute atomic E-state index is 9.83. The van der Waals surface area contributed by atoms with Gasteiger partial charge in [0.1, 0.15) is 0 Å². The molecule has 0 radical (unpaired) electrons. The van der Waals surface area contributed by atoms with Crippen molar-refractivity contribution in [3.05, 3.63) is 54.5 Å². The molecule has 24 heavy (non-hydrogen) atoms. The molecule has 122 valence electrons. The normalized spacial score (nSPS) is 12.8. The van der Waals surface area contributed by atoms with Crippen molar-refractivity contribution in [2.45, 2.75) is 12.5 Å². The molecule has 0 saturated carbocycles. The summed E-state index contributed by atoms with van der Waals surface area (Å²) < 4.78 is 1.74. The summed E-state index contributed by atoms with van der Waals surface area (Å²) in [5, 5.41) is 19.7. The lowest BCUT2D eigenvalue weighted by atomic mass is 10.0. The van der Waals surface area contributed by atoms with Gasteiger partial charge >= 0.3 is 0 Å². The van der Waals surface area contributed by atoms with E-state index in [1.165, 1.54) is 10.9 Å². The van der Waals surface area contributed by atoms with Crippen molar-refractivity contribution in [2.24, 2.45) is 7.05 Å². The van der Waals surface area contributed by atoms with Crippen LogP contribution in [0.2, 0.25) is 0 Å². The number of rotatable bonds is 5. The Kier molecular flexibility index (Phi) is 3.66. The van der Waals surface area contributed by atoms with E-state index in [1.54, 1.807) is 17.1 Å². The van der Waals surface area contributed by atoms with Gasteiger partial charge in [-0.25, -0.2) is 4.98 Å². The second-order valence-corrected chi connectivity index (χ2v) is 5.95. The van der Waals surface area contributed by atoms with Crippen LogP contribution in [0.1, 0.15) is 5.56 Å². The van der Waals surface area contributed by atoms with Crippen LogP contribution in [0.4, 0.5) is 5.69 Å². The zero-order valence-electron chi connectivity index (χ0n) is 13.4. The topological polar surface area (TPSA) is 78.8 Å². The monoisotopic (exact) mass is 321 g/mol. The summed E-state index contributed by atoms with van der Waals surface area (Å²) in [6.07, 6.45) is 6.29. The van der Waals surface area contributed by atoms with E-state index in [4.69, 9.17) is 0 Å². The highest BCUT2D eigenvalue weighted by molar-refractivity contribution is 5.88. The van der Waals surface area contributed by atoms with Crippen LogP contribution in [0.25, 0.3) is 21.9 Å². The smallest absolute Gasteiger partial charge is 0.159 e. The lowest BCUT2D eigenvalue weighted by Crippen LogP contribution is -2.26. The molecule has 1 atom stereocenters. The minimum Gasteiger partial charge on any atom is -0.394 e. The molecule has 0 bridgehead atoms. The molecule has 1 aromatic carbocycles. The molecular formula is C18H19N5O. The van der Waals surface area contributed by atoms with Gasteiger partial charge in [-0.3, -0.25) is 4.68 Å². The number of benzene rings is 1. The quantitative estimate of drug-likeness (QED) is 0.527. The number of para-hydroxylation sites is 1. The first-order chi connectivity index (χ1) is 11.8. The van der Waals surface area contributed by atoms with E-state index < -0.39 is 0 Å². The van der Waals surface area contributed by atoms with Gasteiger partial charge in [-0.05, 0) is 24.1 Å². The number of aliphatic hydroxyl groups excluding tert-OH is 1. The van der Waals surface area contributed by atoms with E-state index >= 15 is 0 Å². The lowest BCUT2D eigenvalue weighted by molar-refractivity contribution is 0.274. The van der Waals surface area contributed by atoms with Gasteiger partial charge in [-0.2, -0.15) is 5.10 Å². The number of nitrogens with zero attached hydrogens (tertiary/aromatic N) is 3. The third-order valence-electron chi connectivity index (χ3n) is 4.36. The molecule has 3 aromatic heterocycles. The highest BCUT2D eigenvalue weighted by Gasteiger charge is 2.14. The van der Waals surface area contributed by atoms with Gasteiger partial charge < -0.3 is 15.4 Å². The van der Waals surface area contributed by atoms with Crippen LogP contribution < -0.4 is 5.32 Å². The van der Waals surface area contributed by atoms with Crippen molar-refractivity contribution in [3.63, 3.8) is 0 Å².